The van der Waals surface area contributed by atoms with Gasteiger partial charge >= 0.3 is 12.1 Å². The van der Waals surface area contributed by atoms with Crippen molar-refractivity contribution in [2.24, 2.45) is 0 Å². The van der Waals surface area contributed by atoms with Crippen molar-refractivity contribution in [1.29, 1.82) is 0 Å². The Morgan fingerprint density at radius 2 is 1.42 bits per heavy atom. The molecule has 0 aliphatic heterocycles. The van der Waals surface area contributed by atoms with Gasteiger partial charge < -0.3 is 15.4 Å². The van der Waals surface area contributed by atoms with Crippen LogP contribution in [0, 0.1) is 0 Å². The third kappa shape index (κ3) is 6.89. The van der Waals surface area contributed by atoms with E-state index in [9.17, 15) is 14.4 Å². The topological polar surface area (TPSA) is 109 Å². The third-order valence-corrected chi connectivity index (χ3v) is 5.86. The zero-order chi connectivity index (χ0) is 27.1. The second-order valence-corrected chi connectivity index (χ2v) is 9.86. The molecule has 3 aromatic carbocycles. The zero-order valence-corrected chi connectivity index (χ0v) is 21.7. The van der Waals surface area contributed by atoms with E-state index < -0.39 is 17.7 Å². The van der Waals surface area contributed by atoms with E-state index in [2.05, 4.69) is 40.2 Å². The van der Waals surface area contributed by atoms with Gasteiger partial charge in [0.2, 0.25) is 6.41 Å². The maximum Gasteiger partial charge on any atom is 0.411 e. The van der Waals surface area contributed by atoms with E-state index in [4.69, 9.17) is 9.57 Å². The highest BCUT2D eigenvalue weighted by Gasteiger charge is 2.29. The van der Waals surface area contributed by atoms with Crippen molar-refractivity contribution in [1.82, 2.24) is 10.4 Å². The zero-order valence-electron chi connectivity index (χ0n) is 21.7. The number of hydrogen-bond donors (Lipinski definition) is 3. The van der Waals surface area contributed by atoms with E-state index in [1.54, 1.807) is 24.3 Å². The predicted molar refractivity (Wildman–Crippen MR) is 146 cm³/mol. The number of urea groups is 1. The van der Waals surface area contributed by atoms with E-state index >= 15 is 0 Å². The fraction of sp³-hybridized carbons (Fsp3) is 0.276. The fourth-order valence-electron chi connectivity index (χ4n) is 4.32. The predicted octanol–water partition coefficient (Wildman–Crippen LogP) is 5.36. The van der Waals surface area contributed by atoms with Crippen LogP contribution in [0.5, 0.6) is 0 Å². The van der Waals surface area contributed by atoms with Crippen molar-refractivity contribution >= 4 is 29.9 Å². The quantitative estimate of drug-likeness (QED) is 0.262. The lowest BCUT2D eigenvalue weighted by Gasteiger charge is -2.26. The van der Waals surface area contributed by atoms with Crippen LogP contribution in [0.4, 0.5) is 21.0 Å². The molecule has 198 valence electrons. The molecule has 0 saturated carbocycles. The van der Waals surface area contributed by atoms with Gasteiger partial charge in [0.05, 0.1) is 12.1 Å². The average Bonchev–Trinajstić information content (AvgIpc) is 3.21. The van der Waals surface area contributed by atoms with Crippen LogP contribution in [-0.2, 0) is 14.4 Å². The summed E-state index contributed by atoms with van der Waals surface area (Å²) in [6.45, 7) is 6.13. The second-order valence-electron chi connectivity index (χ2n) is 9.86. The molecule has 38 heavy (non-hydrogen) atoms. The molecule has 0 saturated heterocycles. The number of nitrogens with one attached hydrogen (secondary N) is 3. The molecule has 0 spiro atoms. The Balaban J connectivity index is 1.23. The summed E-state index contributed by atoms with van der Waals surface area (Å²) in [7, 11) is 0. The van der Waals surface area contributed by atoms with E-state index in [1.807, 2.05) is 45.0 Å². The fourth-order valence-corrected chi connectivity index (χ4v) is 4.32. The standard InChI is InChI=1S/C29H32N4O5/c1-29(2,3)38-33(19-34)17-16-30-27(35)31-20-12-14-21(15-13-20)32-28(36)37-18-26-24-10-6-4-8-22(24)23-9-5-7-11-25(23)26/h4-15,19,26H,16-18H2,1-3H3,(H,32,36)(H2,30,31,35). The molecule has 3 aromatic rings. The minimum absolute atomic E-state index is 0.0168. The SMILES string of the molecule is CC(C)(C)ON(C=O)CCNC(=O)Nc1ccc(NC(=O)OCC2c3ccccc3-c3ccccc32)cc1. The number of amides is 4. The van der Waals surface area contributed by atoms with Crippen molar-refractivity contribution in [2.45, 2.75) is 32.3 Å². The number of hydroxylamine groups is 2. The first-order valence-electron chi connectivity index (χ1n) is 12.4. The van der Waals surface area contributed by atoms with Gasteiger partial charge in [0, 0.05) is 23.8 Å². The summed E-state index contributed by atoms with van der Waals surface area (Å²) in [5, 5.41) is 9.23. The molecule has 0 atom stereocenters. The molecule has 4 rings (SSSR count). The van der Waals surface area contributed by atoms with Crippen LogP contribution in [0.25, 0.3) is 11.1 Å². The molecule has 0 fully saturated rings. The number of fused-ring (bicyclic) bond motifs is 3. The van der Waals surface area contributed by atoms with Gasteiger partial charge in [0.15, 0.2) is 0 Å². The van der Waals surface area contributed by atoms with E-state index in [0.29, 0.717) is 17.8 Å². The summed E-state index contributed by atoms with van der Waals surface area (Å²) < 4.78 is 5.57. The molecule has 0 unspecified atom stereocenters. The first-order chi connectivity index (χ1) is 18.2. The number of nitrogens with zero attached hydrogens (tertiary/aromatic N) is 1. The number of ether oxygens (including phenoxy) is 1. The van der Waals surface area contributed by atoms with Gasteiger partial charge in [-0.15, -0.1) is 0 Å². The summed E-state index contributed by atoms with van der Waals surface area (Å²) in [5.74, 6) is -0.0168. The molecule has 3 N–H and O–H groups in total. The molecule has 1 aliphatic rings. The lowest BCUT2D eigenvalue weighted by atomic mass is 9.98. The van der Waals surface area contributed by atoms with Crippen LogP contribution >= 0.6 is 0 Å². The van der Waals surface area contributed by atoms with Crippen LogP contribution in [0.3, 0.4) is 0 Å². The molecule has 9 nitrogen and oxygen atoms in total. The summed E-state index contributed by atoms with van der Waals surface area (Å²) in [6, 6.07) is 22.6. The van der Waals surface area contributed by atoms with Crippen molar-refractivity contribution in [3.63, 3.8) is 0 Å². The van der Waals surface area contributed by atoms with E-state index in [1.165, 1.54) is 11.1 Å². The van der Waals surface area contributed by atoms with E-state index in [-0.39, 0.29) is 25.6 Å². The molecule has 0 bridgehead atoms. The van der Waals surface area contributed by atoms with Gasteiger partial charge in [0.1, 0.15) is 6.61 Å². The van der Waals surface area contributed by atoms with Crippen molar-refractivity contribution < 1.29 is 24.0 Å². The van der Waals surface area contributed by atoms with Gasteiger partial charge in [0.25, 0.3) is 0 Å². The smallest absolute Gasteiger partial charge is 0.411 e. The summed E-state index contributed by atoms with van der Waals surface area (Å²) in [5.41, 5.74) is 5.20. The lowest BCUT2D eigenvalue weighted by molar-refractivity contribution is -0.215. The van der Waals surface area contributed by atoms with Crippen molar-refractivity contribution in [2.75, 3.05) is 30.3 Å². The van der Waals surface area contributed by atoms with Crippen LogP contribution in [0.15, 0.2) is 72.8 Å². The number of rotatable bonds is 9. The van der Waals surface area contributed by atoms with Gasteiger partial charge in [-0.2, -0.15) is 0 Å². The van der Waals surface area contributed by atoms with E-state index in [0.717, 1.165) is 16.2 Å². The first-order valence-corrected chi connectivity index (χ1v) is 12.4. The number of carbonyl (C=O) groups is 3. The minimum Gasteiger partial charge on any atom is -0.448 e. The number of benzene rings is 3. The average molecular weight is 517 g/mol. The highest BCUT2D eigenvalue weighted by molar-refractivity contribution is 5.90. The normalized spacial score (nSPS) is 12.2. The van der Waals surface area contributed by atoms with Gasteiger partial charge in [-0.25, -0.2) is 14.7 Å². The maximum absolute atomic E-state index is 12.5. The van der Waals surface area contributed by atoms with Crippen LogP contribution < -0.4 is 16.0 Å². The molecule has 0 radical (unpaired) electrons. The van der Waals surface area contributed by atoms with Gasteiger partial charge in [-0.1, -0.05) is 48.5 Å². The second kappa shape index (κ2) is 11.8. The molecule has 4 amide bonds. The van der Waals surface area contributed by atoms with Gasteiger partial charge in [-0.05, 0) is 67.3 Å². The number of carbonyl (C=O) groups excluding carboxylic acids is 3. The highest BCUT2D eigenvalue weighted by atomic mass is 16.7. The highest BCUT2D eigenvalue weighted by Crippen LogP contribution is 2.44. The molecule has 1 aliphatic carbocycles. The molecule has 9 heteroatoms. The number of anilines is 2. The molecular weight excluding hydrogens is 484 g/mol. The summed E-state index contributed by atoms with van der Waals surface area (Å²) in [6.07, 6.45) is 0.0233. The third-order valence-electron chi connectivity index (χ3n) is 5.86. The maximum atomic E-state index is 12.5. The lowest BCUT2D eigenvalue weighted by Crippen LogP contribution is -2.39. The van der Waals surface area contributed by atoms with Crippen molar-refractivity contribution in [3.05, 3.63) is 83.9 Å². The number of hydrogen-bond acceptors (Lipinski definition) is 5. The minimum atomic E-state index is -0.553. The monoisotopic (exact) mass is 516 g/mol. The van der Waals surface area contributed by atoms with Gasteiger partial charge in [-0.3, -0.25) is 14.9 Å². The first kappa shape index (κ1) is 26.7. The Labute approximate surface area is 222 Å². The Morgan fingerprint density at radius 3 is 1.97 bits per heavy atom. The Hall–Kier alpha value is -4.37. The molecular formula is C29H32N4O5. The van der Waals surface area contributed by atoms with Crippen LogP contribution in [0.1, 0.15) is 37.8 Å². The molecule has 0 aromatic heterocycles. The Morgan fingerprint density at radius 1 is 0.868 bits per heavy atom. The van der Waals surface area contributed by atoms with Crippen LogP contribution in [-0.4, -0.2) is 48.9 Å². The summed E-state index contributed by atoms with van der Waals surface area (Å²) in [4.78, 5) is 41.2. The van der Waals surface area contributed by atoms with Crippen LogP contribution in [0.2, 0.25) is 0 Å². The molecule has 0 heterocycles. The largest absolute Gasteiger partial charge is 0.448 e. The Kier molecular flexibility index (Phi) is 8.28. The van der Waals surface area contributed by atoms with Crippen molar-refractivity contribution in [3.8, 4) is 11.1 Å². The summed E-state index contributed by atoms with van der Waals surface area (Å²) >= 11 is 0. The Bertz CT molecular complexity index is 1240.